The van der Waals surface area contributed by atoms with Crippen LogP contribution in [0.1, 0.15) is 22.3 Å². The van der Waals surface area contributed by atoms with E-state index in [-0.39, 0.29) is 12.4 Å². The van der Waals surface area contributed by atoms with Crippen molar-refractivity contribution in [1.29, 1.82) is 0 Å². The average molecular weight is 488 g/mol. The molecule has 1 aliphatic rings. The quantitative estimate of drug-likeness (QED) is 0.330. The Balaban J connectivity index is 1.26. The zero-order valence-corrected chi connectivity index (χ0v) is 20.1. The van der Waals surface area contributed by atoms with E-state index in [2.05, 4.69) is 48.3 Å². The number of anilines is 1. The summed E-state index contributed by atoms with van der Waals surface area (Å²) in [6.45, 7) is 2.29. The number of nitrogens with two attached hydrogens (primary N) is 1. The fourth-order valence-corrected chi connectivity index (χ4v) is 3.86. The Labute approximate surface area is 210 Å². The van der Waals surface area contributed by atoms with Crippen molar-refractivity contribution in [3.05, 3.63) is 95.1 Å². The molecule has 0 aromatic heterocycles. The number of aryl methyl sites for hydroxylation is 3. The number of hydrogen-bond acceptors (Lipinski definition) is 5. The van der Waals surface area contributed by atoms with Gasteiger partial charge in [0.05, 0.1) is 6.54 Å². The summed E-state index contributed by atoms with van der Waals surface area (Å²) in [7, 11) is 0. The minimum atomic E-state index is -1.06. The Morgan fingerprint density at radius 1 is 1.03 bits per heavy atom. The predicted molar refractivity (Wildman–Crippen MR) is 138 cm³/mol. The van der Waals surface area contributed by atoms with Gasteiger partial charge in [-0.15, -0.1) is 0 Å². The highest BCUT2D eigenvalue weighted by atomic mass is 16.6. The summed E-state index contributed by atoms with van der Waals surface area (Å²) < 4.78 is 11.3. The summed E-state index contributed by atoms with van der Waals surface area (Å²) >= 11 is 0. The number of carbonyl (C=O) groups excluding carboxylic acids is 1. The standard InChI is InChI=1S/C28H29N3O5/c1-19-2-4-20(5-3-19)6-7-21-8-14-24(15-9-21)35-18-25-17-31(28(34)36-25)23-12-10-22(11-13-23)27(29)30-16-26(32)33/h2-5,8-15,25H,6-7,16-18H2,1H3,(H2,29,30)(H,32,33). The number of aliphatic carboxylic acids is 1. The highest BCUT2D eigenvalue weighted by molar-refractivity contribution is 5.99. The number of amidine groups is 1. The van der Waals surface area contributed by atoms with E-state index < -0.39 is 24.7 Å². The SMILES string of the molecule is Cc1ccc(CCc2ccc(OCC3CN(c4ccc(C(N)=NCC(=O)O)cc4)C(=O)O3)cc2)cc1. The predicted octanol–water partition coefficient (Wildman–Crippen LogP) is 3.97. The van der Waals surface area contributed by atoms with Gasteiger partial charge in [-0.25, -0.2) is 4.79 Å². The maximum absolute atomic E-state index is 12.4. The fraction of sp³-hybridized carbons (Fsp3) is 0.250. The van der Waals surface area contributed by atoms with Gasteiger partial charge in [0.2, 0.25) is 0 Å². The Kier molecular flexibility index (Phi) is 7.85. The molecule has 3 N–H and O–H groups in total. The third-order valence-electron chi connectivity index (χ3n) is 5.92. The van der Waals surface area contributed by atoms with E-state index in [9.17, 15) is 9.59 Å². The van der Waals surface area contributed by atoms with Crippen molar-refractivity contribution in [3.8, 4) is 5.75 Å². The Morgan fingerprint density at radius 2 is 1.64 bits per heavy atom. The van der Waals surface area contributed by atoms with E-state index >= 15 is 0 Å². The normalized spacial score (nSPS) is 15.6. The first-order valence-corrected chi connectivity index (χ1v) is 11.7. The first kappa shape index (κ1) is 24.8. The van der Waals surface area contributed by atoms with Gasteiger partial charge < -0.3 is 20.3 Å². The molecule has 1 atom stereocenters. The van der Waals surface area contributed by atoms with E-state index in [1.54, 1.807) is 24.3 Å². The summed E-state index contributed by atoms with van der Waals surface area (Å²) in [4.78, 5) is 28.4. The van der Waals surface area contributed by atoms with E-state index in [0.29, 0.717) is 17.8 Å². The summed E-state index contributed by atoms with van der Waals surface area (Å²) in [5, 5.41) is 8.72. The highest BCUT2D eigenvalue weighted by Gasteiger charge is 2.32. The Hall–Kier alpha value is -4.33. The molecule has 1 amide bonds. The van der Waals surface area contributed by atoms with Crippen LogP contribution in [-0.4, -0.2) is 48.8 Å². The molecule has 0 bridgehead atoms. The van der Waals surface area contributed by atoms with Crippen LogP contribution in [0.4, 0.5) is 10.5 Å². The lowest BCUT2D eigenvalue weighted by atomic mass is 10.0. The number of ether oxygens (including phenoxy) is 2. The summed E-state index contributed by atoms with van der Waals surface area (Å²) in [6, 6.07) is 23.4. The molecule has 1 heterocycles. The minimum absolute atomic E-state index is 0.125. The number of amides is 1. The molecule has 1 unspecified atom stereocenters. The first-order chi connectivity index (χ1) is 17.4. The number of hydrogen-bond donors (Lipinski definition) is 2. The van der Waals surface area contributed by atoms with E-state index in [1.807, 2.05) is 12.1 Å². The third-order valence-corrected chi connectivity index (χ3v) is 5.92. The lowest BCUT2D eigenvalue weighted by molar-refractivity contribution is -0.135. The van der Waals surface area contributed by atoms with Crippen molar-refractivity contribution in [3.63, 3.8) is 0 Å². The number of carboxylic acid groups (broad SMARTS) is 1. The average Bonchev–Trinajstić information content (AvgIpc) is 3.26. The monoisotopic (exact) mass is 487 g/mol. The van der Waals surface area contributed by atoms with E-state index in [4.69, 9.17) is 20.3 Å². The van der Waals surface area contributed by atoms with Crippen LogP contribution in [0.3, 0.4) is 0 Å². The van der Waals surface area contributed by atoms with Gasteiger partial charge in [0.25, 0.3) is 0 Å². The maximum atomic E-state index is 12.4. The number of rotatable bonds is 10. The number of nitrogens with zero attached hydrogens (tertiary/aromatic N) is 2. The van der Waals surface area contributed by atoms with Crippen molar-refractivity contribution >= 4 is 23.6 Å². The molecular weight excluding hydrogens is 458 g/mol. The topological polar surface area (TPSA) is 114 Å². The molecule has 0 spiro atoms. The molecule has 36 heavy (non-hydrogen) atoms. The largest absolute Gasteiger partial charge is 0.490 e. The van der Waals surface area contributed by atoms with Crippen LogP contribution in [0.15, 0.2) is 77.8 Å². The lowest BCUT2D eigenvalue weighted by Gasteiger charge is -2.14. The number of aliphatic imine (C=N–C) groups is 1. The van der Waals surface area contributed by atoms with Crippen LogP contribution in [0.25, 0.3) is 0 Å². The van der Waals surface area contributed by atoms with Gasteiger partial charge in [-0.2, -0.15) is 0 Å². The van der Waals surface area contributed by atoms with Gasteiger partial charge in [-0.1, -0.05) is 42.0 Å². The van der Waals surface area contributed by atoms with Gasteiger partial charge in [0.1, 0.15) is 24.7 Å². The van der Waals surface area contributed by atoms with Crippen molar-refractivity contribution < 1.29 is 24.2 Å². The molecule has 1 aliphatic heterocycles. The van der Waals surface area contributed by atoms with Crippen LogP contribution in [-0.2, 0) is 22.4 Å². The van der Waals surface area contributed by atoms with E-state index in [1.165, 1.54) is 21.6 Å². The molecule has 8 heteroatoms. The molecule has 186 valence electrons. The van der Waals surface area contributed by atoms with Gasteiger partial charge >= 0.3 is 12.1 Å². The molecule has 8 nitrogen and oxygen atoms in total. The van der Waals surface area contributed by atoms with Crippen LogP contribution in [0.5, 0.6) is 5.75 Å². The second-order valence-electron chi connectivity index (χ2n) is 8.70. The van der Waals surface area contributed by atoms with Crippen molar-refractivity contribution in [1.82, 2.24) is 0 Å². The summed E-state index contributed by atoms with van der Waals surface area (Å²) in [5.74, 6) is -0.207. The van der Waals surface area contributed by atoms with Crippen molar-refractivity contribution in [2.24, 2.45) is 10.7 Å². The van der Waals surface area contributed by atoms with Gasteiger partial charge in [0, 0.05) is 11.3 Å². The van der Waals surface area contributed by atoms with Crippen LogP contribution < -0.4 is 15.4 Å². The van der Waals surface area contributed by atoms with Crippen LogP contribution in [0.2, 0.25) is 0 Å². The molecule has 3 aromatic carbocycles. The van der Waals surface area contributed by atoms with Crippen LogP contribution >= 0.6 is 0 Å². The molecule has 4 rings (SSSR count). The van der Waals surface area contributed by atoms with Gasteiger partial charge in [-0.3, -0.25) is 14.7 Å². The number of cyclic esters (lactones) is 1. The molecule has 1 saturated heterocycles. The molecular formula is C28H29N3O5. The molecule has 1 fully saturated rings. The molecule has 0 radical (unpaired) electrons. The number of carboxylic acids is 1. The highest BCUT2D eigenvalue weighted by Crippen LogP contribution is 2.23. The van der Waals surface area contributed by atoms with Crippen molar-refractivity contribution in [2.45, 2.75) is 25.9 Å². The summed E-state index contributed by atoms with van der Waals surface area (Å²) in [6.07, 6.45) is 1.08. The third kappa shape index (κ3) is 6.63. The lowest BCUT2D eigenvalue weighted by Crippen LogP contribution is -2.26. The van der Waals surface area contributed by atoms with E-state index in [0.717, 1.165) is 18.6 Å². The first-order valence-electron chi connectivity index (χ1n) is 11.7. The Morgan fingerprint density at radius 3 is 2.25 bits per heavy atom. The summed E-state index contributed by atoms with van der Waals surface area (Å²) in [5.41, 5.74) is 10.9. The van der Waals surface area contributed by atoms with Crippen LogP contribution in [0, 0.1) is 6.92 Å². The number of carbonyl (C=O) groups is 2. The zero-order valence-electron chi connectivity index (χ0n) is 20.1. The minimum Gasteiger partial charge on any atom is -0.490 e. The fourth-order valence-electron chi connectivity index (χ4n) is 3.86. The van der Waals surface area contributed by atoms with Gasteiger partial charge in [-0.05, 0) is 67.3 Å². The molecule has 0 aliphatic carbocycles. The molecule has 3 aromatic rings. The smallest absolute Gasteiger partial charge is 0.414 e. The second kappa shape index (κ2) is 11.4. The second-order valence-corrected chi connectivity index (χ2v) is 8.70. The van der Waals surface area contributed by atoms with Gasteiger partial charge in [0.15, 0.2) is 6.10 Å². The number of benzene rings is 3. The van der Waals surface area contributed by atoms with Crippen molar-refractivity contribution in [2.75, 3.05) is 24.6 Å². The zero-order chi connectivity index (χ0) is 25.5. The maximum Gasteiger partial charge on any atom is 0.414 e. The Bertz CT molecular complexity index is 1220. The molecule has 0 saturated carbocycles.